The van der Waals surface area contributed by atoms with Crippen LogP contribution in [0.1, 0.15) is 0 Å². The van der Waals surface area contributed by atoms with Crippen LogP contribution in [0.4, 0.5) is 0 Å². The van der Waals surface area contributed by atoms with Crippen LogP contribution in [-0.4, -0.2) is 430 Å². The Kier molecular flexibility index (Phi) is 25.5. The van der Waals surface area contributed by atoms with Crippen molar-refractivity contribution in [1.82, 2.24) is 0 Å². The summed E-state index contributed by atoms with van der Waals surface area (Å²) in [6.45, 7) is -6.09. The van der Waals surface area contributed by atoms with Crippen molar-refractivity contribution in [2.45, 2.75) is 246 Å². The molecule has 8 fully saturated rings. The third kappa shape index (κ3) is 15.2. The normalized spacial score (nSPS) is 52.6. The van der Waals surface area contributed by atoms with Crippen LogP contribution in [-0.2, 0) is 80.6 Å². The molecule has 43 heteroatoms. The third-order valence-corrected chi connectivity index (χ3v) is 16.6. The van der Waals surface area contributed by atoms with Crippen molar-refractivity contribution < 1.29 is 213 Å². The first-order valence-corrected chi connectivity index (χ1v) is 28.2. The molecule has 8 heterocycles. The SMILES string of the molecule is O=C(O)[C@H]1O[C@@H](O[C@H]2[C@H](O)[C@@H](O)[C@H](O[C@H]3[C@H](O)[C@@H](O)[C@H](O)O[C@@H]3CO)O[C@@H]2C(=O)O)[C@H](O)[C@@H](O)[C@@H]1O[C@H]1O[C@H](CO[C@@H]2O[C@H](CO)[C@@H](O[C@@H]3O[C@H](CO)[C@@H](O[C@@H]4O[C@H](CO)[C@@H](O)[C@H](O[C@@H]5O[C@H](CO)[C@H](O)[C@H](O)[C@H]5O)[C@H]4O)[C@H](O)[C@H]3O)[C@H](O)[C@H]2O)[C@@H](O)[C@H](O)[C@H]1O. The number of hydrogen-bond acceptors (Lipinski definition) is 41. The first-order chi connectivity index (χ1) is 42.9. The highest BCUT2D eigenvalue weighted by molar-refractivity contribution is 5.74. The van der Waals surface area contributed by atoms with Gasteiger partial charge in [-0.15, -0.1) is 0 Å². The standard InChI is InChI=1S/C48H78O43/c49-1-7-13(54)16(57)24(65)43(79-7)87-34-15(56)8(2-50)80-48(30(34)71)86-33-11(5-53)82-45(27(68)20(33)61)84-32-10(4-52)81-42(26(67)19(32)60)77-6-12-14(55)17(58)25(66)44(83-12)88-35-22(63)29(70)47(91-37(35)39(72)73)89-36-21(62)28(69)46(90-38(36)40(74)75)85-31-9(3-51)78-41(76)23(64)18(31)59/h7-38,41-71,76H,1-6H2,(H,72,73)(H,74,75)/t7-,8-,9-,10-,11-,12-,13+,14-,15-,16+,17+,18-,19-,20-,21-,22-,23-,24-,25-,26-,27-,28-,29-,30-,31-,32-,33-,34+,35+,36+,37+,38+,41-,42-,43+,44-,45+,46-,47-,48+/m1/s1. The van der Waals surface area contributed by atoms with Gasteiger partial charge in [0.05, 0.1) is 39.6 Å². The minimum atomic E-state index is -2.52. The second kappa shape index (κ2) is 31.3. The summed E-state index contributed by atoms with van der Waals surface area (Å²) in [5.74, 6) is -4.01. The number of aliphatic hydroxyl groups excluding tert-OH is 24. The van der Waals surface area contributed by atoms with Crippen molar-refractivity contribution >= 4 is 11.9 Å². The Morgan fingerprint density at radius 3 is 0.934 bits per heavy atom. The summed E-state index contributed by atoms with van der Waals surface area (Å²) in [4.78, 5) is 25.1. The number of aliphatic hydroxyl groups is 24. The first kappa shape index (κ1) is 74.2. The average molecular weight is 1340 g/mol. The van der Waals surface area contributed by atoms with E-state index < -0.39 is 297 Å². The highest BCUT2D eigenvalue weighted by atomic mass is 16.8. The fourth-order valence-electron chi connectivity index (χ4n) is 11.3. The Morgan fingerprint density at radius 1 is 0.253 bits per heavy atom. The highest BCUT2D eigenvalue weighted by Gasteiger charge is 2.60. The Labute approximate surface area is 510 Å². The summed E-state index contributed by atoms with van der Waals surface area (Å²) in [7, 11) is 0. The Morgan fingerprint density at radius 2 is 0.527 bits per heavy atom. The lowest BCUT2D eigenvalue weighted by Crippen LogP contribution is -2.68. The molecule has 8 rings (SSSR count). The predicted octanol–water partition coefficient (Wildman–Crippen LogP) is -18.3. The van der Waals surface area contributed by atoms with Crippen LogP contribution in [0.5, 0.6) is 0 Å². The summed E-state index contributed by atoms with van der Waals surface area (Å²) < 4.78 is 81.8. The van der Waals surface area contributed by atoms with Crippen molar-refractivity contribution in [3.8, 4) is 0 Å². The van der Waals surface area contributed by atoms with E-state index in [9.17, 15) is 142 Å². The first-order valence-electron chi connectivity index (χ1n) is 28.2. The van der Waals surface area contributed by atoms with Gasteiger partial charge in [0.25, 0.3) is 0 Å². The van der Waals surface area contributed by atoms with Gasteiger partial charge in [-0.1, -0.05) is 0 Å². The van der Waals surface area contributed by atoms with Crippen LogP contribution in [0.2, 0.25) is 0 Å². The second-order valence-corrected chi connectivity index (χ2v) is 22.5. The van der Waals surface area contributed by atoms with Gasteiger partial charge < -0.3 is 204 Å². The topological polar surface area (TPSA) is 699 Å². The maximum Gasteiger partial charge on any atom is 0.335 e. The van der Waals surface area contributed by atoms with Gasteiger partial charge in [0.2, 0.25) is 0 Å². The zero-order valence-electron chi connectivity index (χ0n) is 46.9. The molecule has 528 valence electrons. The summed E-state index contributed by atoms with van der Waals surface area (Å²) >= 11 is 0. The zero-order valence-corrected chi connectivity index (χ0v) is 46.9. The minimum Gasteiger partial charge on any atom is -0.479 e. The Balaban J connectivity index is 0.869. The maximum atomic E-state index is 12.6. The molecule has 91 heavy (non-hydrogen) atoms. The number of carboxylic acid groups (broad SMARTS) is 2. The summed E-state index contributed by atoms with van der Waals surface area (Å²) in [6, 6.07) is 0. The van der Waals surface area contributed by atoms with Crippen LogP contribution in [0, 0.1) is 0 Å². The third-order valence-electron chi connectivity index (χ3n) is 16.6. The molecule has 0 bridgehead atoms. The maximum absolute atomic E-state index is 12.6. The Hall–Kier alpha value is -2.62. The fourth-order valence-corrected chi connectivity index (χ4v) is 11.3. The summed E-state index contributed by atoms with van der Waals surface area (Å²) in [5.41, 5.74) is 0. The lowest BCUT2D eigenvalue weighted by molar-refractivity contribution is -0.391. The molecule has 0 aliphatic carbocycles. The van der Waals surface area contributed by atoms with E-state index in [4.69, 9.17) is 71.1 Å². The molecule has 0 radical (unpaired) electrons. The molecule has 0 aromatic rings. The van der Waals surface area contributed by atoms with Gasteiger partial charge in [0.15, 0.2) is 62.5 Å². The van der Waals surface area contributed by atoms with Crippen LogP contribution >= 0.6 is 0 Å². The minimum absolute atomic E-state index is 0.891. The zero-order chi connectivity index (χ0) is 67.1. The molecule has 0 aromatic heterocycles. The van der Waals surface area contributed by atoms with Gasteiger partial charge in [0.1, 0.15) is 183 Å². The molecular weight excluding hydrogens is 1260 g/mol. The van der Waals surface area contributed by atoms with E-state index >= 15 is 0 Å². The molecule has 8 aliphatic heterocycles. The molecule has 0 unspecified atom stereocenters. The second-order valence-electron chi connectivity index (χ2n) is 22.5. The lowest BCUT2D eigenvalue weighted by Gasteiger charge is -2.49. The van der Waals surface area contributed by atoms with Crippen molar-refractivity contribution in [3.05, 3.63) is 0 Å². The van der Waals surface area contributed by atoms with Gasteiger partial charge >= 0.3 is 11.9 Å². The van der Waals surface area contributed by atoms with Crippen molar-refractivity contribution in [1.29, 1.82) is 0 Å². The average Bonchev–Trinajstić information content (AvgIpc) is 0.961. The Bertz CT molecular complexity index is 2300. The molecule has 43 nitrogen and oxygen atoms in total. The smallest absolute Gasteiger partial charge is 0.335 e. The molecule has 8 aliphatic rings. The van der Waals surface area contributed by atoms with Crippen LogP contribution in [0.15, 0.2) is 0 Å². The van der Waals surface area contributed by atoms with E-state index in [2.05, 4.69) is 0 Å². The monoisotopic (exact) mass is 1340 g/mol. The molecule has 40 atom stereocenters. The molecule has 0 aromatic carbocycles. The number of rotatable bonds is 22. The number of aliphatic carboxylic acids is 2. The van der Waals surface area contributed by atoms with Crippen molar-refractivity contribution in [2.75, 3.05) is 39.6 Å². The van der Waals surface area contributed by atoms with Crippen molar-refractivity contribution in [2.24, 2.45) is 0 Å². The molecule has 0 saturated carbocycles. The van der Waals surface area contributed by atoms with Crippen LogP contribution < -0.4 is 0 Å². The van der Waals surface area contributed by atoms with E-state index in [1.807, 2.05) is 0 Å². The van der Waals surface area contributed by atoms with Gasteiger partial charge in [-0.25, -0.2) is 9.59 Å². The van der Waals surface area contributed by atoms with Gasteiger partial charge in [0, 0.05) is 0 Å². The molecule has 0 amide bonds. The summed E-state index contributed by atoms with van der Waals surface area (Å²) in [6.07, 6.45) is -84.5. The van der Waals surface area contributed by atoms with Crippen molar-refractivity contribution in [3.63, 3.8) is 0 Å². The van der Waals surface area contributed by atoms with E-state index in [0.29, 0.717) is 0 Å². The van der Waals surface area contributed by atoms with Crippen LogP contribution in [0.3, 0.4) is 0 Å². The number of carbonyl (C=O) groups is 2. The van der Waals surface area contributed by atoms with E-state index in [1.54, 1.807) is 0 Å². The molecule has 26 N–H and O–H groups in total. The quantitative estimate of drug-likeness (QED) is 0.0479. The van der Waals surface area contributed by atoms with E-state index in [-0.39, 0.29) is 0 Å². The summed E-state index contributed by atoms with van der Waals surface area (Å²) in [5, 5.41) is 276. The van der Waals surface area contributed by atoms with Gasteiger partial charge in [-0.2, -0.15) is 0 Å². The van der Waals surface area contributed by atoms with Crippen LogP contribution in [0.25, 0.3) is 0 Å². The number of ether oxygens (including phenoxy) is 15. The fraction of sp³-hybridized carbons (Fsp3) is 0.958. The lowest BCUT2D eigenvalue weighted by atomic mass is 9.95. The molecular formula is C48H78O43. The van der Waals surface area contributed by atoms with E-state index in [0.717, 1.165) is 0 Å². The van der Waals surface area contributed by atoms with Gasteiger partial charge in [-0.3, -0.25) is 0 Å². The number of hydrogen-bond donors (Lipinski definition) is 26. The van der Waals surface area contributed by atoms with Gasteiger partial charge in [-0.05, 0) is 0 Å². The molecule has 8 saturated heterocycles. The highest BCUT2D eigenvalue weighted by Crippen LogP contribution is 2.38. The largest absolute Gasteiger partial charge is 0.479 e. The predicted molar refractivity (Wildman–Crippen MR) is 266 cm³/mol. The van der Waals surface area contributed by atoms with E-state index in [1.165, 1.54) is 0 Å². The number of carboxylic acids is 2. The molecule has 0 spiro atoms.